The van der Waals surface area contributed by atoms with Crippen molar-refractivity contribution in [2.45, 2.75) is 38.9 Å². The predicted octanol–water partition coefficient (Wildman–Crippen LogP) is 5.60. The van der Waals surface area contributed by atoms with Gasteiger partial charge in [0.15, 0.2) is 11.0 Å². The monoisotopic (exact) mass is 519 g/mol. The van der Waals surface area contributed by atoms with Crippen LogP contribution in [0.4, 0.5) is 5.69 Å². The number of thioether (sulfide) groups is 1. The van der Waals surface area contributed by atoms with Crippen molar-refractivity contribution < 1.29 is 9.59 Å². The maximum absolute atomic E-state index is 12.9. The molecule has 3 rings (SSSR count). The Morgan fingerprint density at radius 1 is 1.12 bits per heavy atom. The second-order valence-electron chi connectivity index (χ2n) is 8.30. The molecule has 7 nitrogen and oxygen atoms in total. The molecular weight excluding hydrogens is 493 g/mol. The van der Waals surface area contributed by atoms with Crippen LogP contribution in [0.15, 0.2) is 41.6 Å². The molecule has 0 saturated heterocycles. The Bertz CT molecular complexity index is 1210. The van der Waals surface area contributed by atoms with Crippen molar-refractivity contribution in [2.24, 2.45) is 13.0 Å². The maximum atomic E-state index is 12.9. The SMILES string of the molecule is Cc1cccc(NC(=O)CSc2nnc([C@@H](NC(=O)c3ccc(Cl)cc3Cl)C(C)C)n2C)c1C. The summed E-state index contributed by atoms with van der Waals surface area (Å²) < 4.78 is 1.80. The minimum Gasteiger partial charge on any atom is -0.342 e. The topological polar surface area (TPSA) is 88.9 Å². The molecule has 0 fully saturated rings. The number of anilines is 1. The number of benzene rings is 2. The van der Waals surface area contributed by atoms with Gasteiger partial charge in [-0.2, -0.15) is 0 Å². The summed E-state index contributed by atoms with van der Waals surface area (Å²) in [7, 11) is 1.82. The lowest BCUT2D eigenvalue weighted by atomic mass is 10.0. The van der Waals surface area contributed by atoms with E-state index < -0.39 is 6.04 Å². The molecule has 34 heavy (non-hydrogen) atoms. The molecule has 2 N–H and O–H groups in total. The minimum atomic E-state index is -0.408. The number of carbonyl (C=O) groups is 2. The quantitative estimate of drug-likeness (QED) is 0.378. The van der Waals surface area contributed by atoms with Crippen LogP contribution in [0.25, 0.3) is 0 Å². The highest BCUT2D eigenvalue weighted by atomic mass is 35.5. The molecule has 0 radical (unpaired) electrons. The first-order chi connectivity index (χ1) is 16.1. The van der Waals surface area contributed by atoms with Gasteiger partial charge in [-0.05, 0) is 55.2 Å². The van der Waals surface area contributed by atoms with Gasteiger partial charge < -0.3 is 15.2 Å². The number of nitrogens with zero attached hydrogens (tertiary/aromatic N) is 3. The largest absolute Gasteiger partial charge is 0.342 e. The van der Waals surface area contributed by atoms with Gasteiger partial charge in [0.1, 0.15) is 0 Å². The fourth-order valence-electron chi connectivity index (χ4n) is 3.35. The highest BCUT2D eigenvalue weighted by Crippen LogP contribution is 2.27. The van der Waals surface area contributed by atoms with E-state index in [4.69, 9.17) is 23.2 Å². The van der Waals surface area contributed by atoms with Gasteiger partial charge in [-0.1, -0.05) is 60.9 Å². The molecule has 2 amide bonds. The third kappa shape index (κ3) is 6.11. The summed E-state index contributed by atoms with van der Waals surface area (Å²) in [6, 6.07) is 10.1. The number of aromatic nitrogens is 3. The van der Waals surface area contributed by atoms with Gasteiger partial charge in [0.25, 0.3) is 5.91 Å². The molecule has 10 heteroatoms. The maximum Gasteiger partial charge on any atom is 0.253 e. The molecule has 0 aliphatic heterocycles. The van der Waals surface area contributed by atoms with E-state index in [2.05, 4.69) is 20.8 Å². The standard InChI is InChI=1S/C24H27Cl2N5O2S/c1-13(2)21(28-23(33)17-10-9-16(25)11-18(17)26)22-29-30-24(31(22)5)34-12-20(32)27-19-8-6-7-14(3)15(19)4/h6-11,13,21H,12H2,1-5H3,(H,27,32)(H,28,33)/t21-/m0/s1. The zero-order valence-corrected chi connectivity index (χ0v) is 22.0. The number of hydrogen-bond donors (Lipinski definition) is 2. The van der Waals surface area contributed by atoms with Crippen LogP contribution in [0, 0.1) is 19.8 Å². The lowest BCUT2D eigenvalue weighted by Crippen LogP contribution is -2.33. The Morgan fingerprint density at radius 3 is 2.53 bits per heavy atom. The van der Waals surface area contributed by atoms with E-state index in [0.717, 1.165) is 16.8 Å². The minimum absolute atomic E-state index is 0.0309. The number of halogens is 2. The summed E-state index contributed by atoms with van der Waals surface area (Å²) in [4.78, 5) is 25.4. The van der Waals surface area contributed by atoms with Crippen LogP contribution in [0.5, 0.6) is 0 Å². The van der Waals surface area contributed by atoms with Crippen molar-refractivity contribution in [3.63, 3.8) is 0 Å². The van der Waals surface area contributed by atoms with E-state index >= 15 is 0 Å². The van der Waals surface area contributed by atoms with E-state index in [1.807, 2.05) is 52.9 Å². The van der Waals surface area contributed by atoms with Crippen molar-refractivity contribution in [3.8, 4) is 0 Å². The number of carbonyl (C=O) groups excluding carboxylic acids is 2. The number of rotatable bonds is 8. The summed E-state index contributed by atoms with van der Waals surface area (Å²) in [5, 5.41) is 15.8. The van der Waals surface area contributed by atoms with E-state index in [-0.39, 0.29) is 28.5 Å². The van der Waals surface area contributed by atoms with Crippen molar-refractivity contribution in [1.29, 1.82) is 0 Å². The Kier molecular flexibility index (Phi) is 8.62. The summed E-state index contributed by atoms with van der Waals surface area (Å²) >= 11 is 13.4. The number of nitrogens with one attached hydrogen (secondary N) is 2. The number of amides is 2. The average molecular weight is 520 g/mol. The van der Waals surface area contributed by atoms with Crippen LogP contribution < -0.4 is 10.6 Å². The van der Waals surface area contributed by atoms with Crippen LogP contribution in [0.1, 0.15) is 47.2 Å². The van der Waals surface area contributed by atoms with Crippen LogP contribution in [0.3, 0.4) is 0 Å². The molecule has 2 aromatic carbocycles. The van der Waals surface area contributed by atoms with E-state index in [1.165, 1.54) is 17.8 Å². The van der Waals surface area contributed by atoms with Gasteiger partial charge in [0.05, 0.1) is 22.4 Å². The molecule has 0 aliphatic carbocycles. The lowest BCUT2D eigenvalue weighted by molar-refractivity contribution is -0.113. The Labute approximate surface area is 213 Å². The van der Waals surface area contributed by atoms with Crippen molar-refractivity contribution in [2.75, 3.05) is 11.1 Å². The predicted molar refractivity (Wildman–Crippen MR) is 138 cm³/mol. The van der Waals surface area contributed by atoms with Gasteiger partial charge in [-0.15, -0.1) is 10.2 Å². The molecule has 1 heterocycles. The zero-order valence-electron chi connectivity index (χ0n) is 19.6. The van der Waals surface area contributed by atoms with Gasteiger partial charge in [-0.3, -0.25) is 9.59 Å². The van der Waals surface area contributed by atoms with E-state index in [1.54, 1.807) is 16.7 Å². The molecule has 180 valence electrons. The number of aryl methyl sites for hydroxylation is 1. The molecule has 1 aromatic heterocycles. The molecule has 0 unspecified atom stereocenters. The van der Waals surface area contributed by atoms with Crippen LogP contribution in [-0.2, 0) is 11.8 Å². The van der Waals surface area contributed by atoms with Crippen molar-refractivity contribution in [1.82, 2.24) is 20.1 Å². The highest BCUT2D eigenvalue weighted by Gasteiger charge is 2.26. The highest BCUT2D eigenvalue weighted by molar-refractivity contribution is 7.99. The van der Waals surface area contributed by atoms with E-state index in [0.29, 0.717) is 21.6 Å². The van der Waals surface area contributed by atoms with Gasteiger partial charge >= 0.3 is 0 Å². The van der Waals surface area contributed by atoms with Crippen molar-refractivity contribution >= 4 is 52.5 Å². The molecule has 0 saturated carbocycles. The fraction of sp³-hybridized carbons (Fsp3) is 0.333. The number of hydrogen-bond acceptors (Lipinski definition) is 5. The first kappa shape index (κ1) is 26.1. The zero-order chi connectivity index (χ0) is 25.0. The van der Waals surface area contributed by atoms with E-state index in [9.17, 15) is 9.59 Å². The molecule has 1 atom stereocenters. The Balaban J connectivity index is 1.69. The van der Waals surface area contributed by atoms with Gasteiger partial charge in [0.2, 0.25) is 5.91 Å². The molecule has 3 aromatic rings. The molecule has 0 spiro atoms. The second kappa shape index (κ2) is 11.3. The first-order valence-corrected chi connectivity index (χ1v) is 12.5. The summed E-state index contributed by atoms with van der Waals surface area (Å²) in [6.07, 6.45) is 0. The Hall–Kier alpha value is -2.55. The molecule has 0 aliphatic rings. The van der Waals surface area contributed by atoms with Crippen molar-refractivity contribution in [3.05, 3.63) is 69.0 Å². The first-order valence-electron chi connectivity index (χ1n) is 10.7. The van der Waals surface area contributed by atoms with Crippen LogP contribution in [-0.4, -0.2) is 32.3 Å². The summed E-state index contributed by atoms with van der Waals surface area (Å²) in [5.74, 6) is 0.340. The van der Waals surface area contributed by atoms with Gasteiger partial charge in [-0.25, -0.2) is 0 Å². The second-order valence-corrected chi connectivity index (χ2v) is 10.1. The summed E-state index contributed by atoms with van der Waals surface area (Å²) in [5.41, 5.74) is 3.28. The van der Waals surface area contributed by atoms with Crippen LogP contribution >= 0.6 is 35.0 Å². The molecular formula is C24H27Cl2N5O2S. The normalized spacial score (nSPS) is 12.0. The average Bonchev–Trinajstić information content (AvgIpc) is 3.13. The Morgan fingerprint density at radius 2 is 1.85 bits per heavy atom. The third-order valence-electron chi connectivity index (χ3n) is 5.49. The van der Waals surface area contributed by atoms with Crippen LogP contribution in [0.2, 0.25) is 10.0 Å². The smallest absolute Gasteiger partial charge is 0.253 e. The molecule has 0 bridgehead atoms. The summed E-state index contributed by atoms with van der Waals surface area (Å²) in [6.45, 7) is 7.94. The third-order valence-corrected chi connectivity index (χ3v) is 7.05. The fourth-order valence-corrected chi connectivity index (χ4v) is 4.56. The van der Waals surface area contributed by atoms with Gasteiger partial charge in [0, 0.05) is 17.8 Å². The lowest BCUT2D eigenvalue weighted by Gasteiger charge is -2.22.